The second kappa shape index (κ2) is 6.19. The van der Waals surface area contributed by atoms with Crippen LogP contribution in [0.1, 0.15) is 19.4 Å². The maximum Gasteiger partial charge on any atom is 0.269 e. The van der Waals surface area contributed by atoms with Gasteiger partial charge in [0.2, 0.25) is 5.88 Å². The number of benzene rings is 1. The van der Waals surface area contributed by atoms with E-state index in [0.29, 0.717) is 11.7 Å². The minimum Gasteiger partial charge on any atom is -0.460 e. The molecule has 0 spiro atoms. The minimum atomic E-state index is -1.13. The monoisotopic (exact) mass is 326 g/mol. The molecular formula is C17H18N4O3. The number of nitrogens with zero attached hydrogens (tertiary/aromatic N) is 3. The van der Waals surface area contributed by atoms with Gasteiger partial charge in [-0.2, -0.15) is 0 Å². The van der Waals surface area contributed by atoms with Crippen LogP contribution in [0.2, 0.25) is 0 Å². The summed E-state index contributed by atoms with van der Waals surface area (Å²) in [6.07, 6.45) is 3.24. The molecule has 1 amide bonds. The number of para-hydroxylation sites is 1. The van der Waals surface area contributed by atoms with Crippen LogP contribution < -0.4 is 10.1 Å². The summed E-state index contributed by atoms with van der Waals surface area (Å²) in [5.41, 5.74) is 0.626. The van der Waals surface area contributed by atoms with Gasteiger partial charge in [0.25, 0.3) is 5.91 Å². The average Bonchev–Trinajstić information content (AvgIpc) is 3.18. The molecule has 0 saturated heterocycles. The van der Waals surface area contributed by atoms with Crippen molar-refractivity contribution in [3.05, 3.63) is 54.4 Å². The highest BCUT2D eigenvalue weighted by Crippen LogP contribution is 2.23. The van der Waals surface area contributed by atoms with E-state index in [2.05, 4.69) is 15.6 Å². The first-order chi connectivity index (χ1) is 11.5. The summed E-state index contributed by atoms with van der Waals surface area (Å²) >= 11 is 0. The molecule has 0 atom stereocenters. The van der Waals surface area contributed by atoms with Crippen molar-refractivity contribution in [3.63, 3.8) is 0 Å². The topological polar surface area (TPSA) is 82.2 Å². The quantitative estimate of drug-likeness (QED) is 0.779. The summed E-state index contributed by atoms with van der Waals surface area (Å²) < 4.78 is 12.3. The normalized spacial score (nSPS) is 11.3. The van der Waals surface area contributed by atoms with Gasteiger partial charge in [-0.05, 0) is 32.9 Å². The molecule has 0 saturated carbocycles. The highest BCUT2D eigenvalue weighted by molar-refractivity contribution is 5.96. The largest absolute Gasteiger partial charge is 0.460 e. The zero-order valence-electron chi connectivity index (χ0n) is 13.7. The second-order valence-corrected chi connectivity index (χ2v) is 5.85. The smallest absolute Gasteiger partial charge is 0.269 e. The molecule has 0 unspecified atom stereocenters. The highest BCUT2D eigenvalue weighted by Gasteiger charge is 2.32. The van der Waals surface area contributed by atoms with Gasteiger partial charge in [0, 0.05) is 17.8 Å². The maximum absolute atomic E-state index is 12.4. The zero-order chi connectivity index (χ0) is 17.2. The number of carbonyl (C=O) groups excluding carboxylic acids is 1. The number of hydrogen-bond donors (Lipinski definition) is 1. The summed E-state index contributed by atoms with van der Waals surface area (Å²) in [7, 11) is 0. The number of hydrogen-bond acceptors (Lipinski definition) is 5. The lowest BCUT2D eigenvalue weighted by molar-refractivity contribution is -0.128. The Hall–Kier alpha value is -3.09. The Kier molecular flexibility index (Phi) is 4.07. The Bertz CT molecular complexity index is 823. The van der Waals surface area contributed by atoms with Crippen LogP contribution in [-0.4, -0.2) is 26.4 Å². The van der Waals surface area contributed by atoms with Crippen molar-refractivity contribution < 1.29 is 14.1 Å². The molecule has 0 aliphatic rings. The van der Waals surface area contributed by atoms with Crippen molar-refractivity contribution in [2.45, 2.75) is 26.4 Å². The first-order valence-corrected chi connectivity index (χ1v) is 7.48. The predicted molar refractivity (Wildman–Crippen MR) is 88.1 cm³/mol. The number of carbonyl (C=O) groups is 1. The number of amides is 1. The van der Waals surface area contributed by atoms with Gasteiger partial charge in [-0.3, -0.25) is 4.79 Å². The third-order valence-corrected chi connectivity index (χ3v) is 3.45. The van der Waals surface area contributed by atoms with Crippen LogP contribution in [0, 0.1) is 6.92 Å². The van der Waals surface area contributed by atoms with Crippen molar-refractivity contribution in [1.82, 2.24) is 14.9 Å². The van der Waals surface area contributed by atoms with Crippen LogP contribution in [0.5, 0.6) is 5.88 Å². The molecule has 0 radical (unpaired) electrons. The van der Waals surface area contributed by atoms with E-state index in [4.69, 9.17) is 9.26 Å². The van der Waals surface area contributed by atoms with E-state index in [1.54, 1.807) is 24.6 Å². The summed E-state index contributed by atoms with van der Waals surface area (Å²) in [5, 5.41) is 10.7. The standard InChI is InChI=1S/C17H18N4O3/c1-12-11-21(13-7-5-4-6-8-13)19-15(12)24-17(2,3)16(22)18-14-9-10-23-20-14/h4-11H,1-3H3,(H,18,20,22). The van der Waals surface area contributed by atoms with Gasteiger partial charge in [-0.15, -0.1) is 5.10 Å². The number of nitrogens with one attached hydrogen (secondary N) is 1. The molecule has 3 rings (SSSR count). The van der Waals surface area contributed by atoms with E-state index in [9.17, 15) is 4.79 Å². The fraction of sp³-hybridized carbons (Fsp3) is 0.235. The van der Waals surface area contributed by atoms with Crippen molar-refractivity contribution in [3.8, 4) is 11.6 Å². The Morgan fingerprint density at radius 2 is 2.00 bits per heavy atom. The molecular weight excluding hydrogens is 308 g/mol. The van der Waals surface area contributed by atoms with Crippen molar-refractivity contribution in [1.29, 1.82) is 0 Å². The first kappa shape index (κ1) is 15.8. The molecule has 3 aromatic rings. The Labute approximate surface area is 139 Å². The van der Waals surface area contributed by atoms with Gasteiger partial charge < -0.3 is 14.6 Å². The van der Waals surface area contributed by atoms with E-state index in [1.807, 2.05) is 43.5 Å². The molecule has 2 aromatic heterocycles. The van der Waals surface area contributed by atoms with Gasteiger partial charge in [-0.1, -0.05) is 23.4 Å². The molecule has 0 aliphatic carbocycles. The molecule has 0 aliphatic heterocycles. The van der Waals surface area contributed by atoms with Gasteiger partial charge in [-0.25, -0.2) is 4.68 Å². The number of aromatic nitrogens is 3. The lowest BCUT2D eigenvalue weighted by Crippen LogP contribution is -2.42. The first-order valence-electron chi connectivity index (χ1n) is 7.48. The lowest BCUT2D eigenvalue weighted by Gasteiger charge is -2.23. The van der Waals surface area contributed by atoms with Crippen LogP contribution >= 0.6 is 0 Å². The molecule has 7 nitrogen and oxygen atoms in total. The van der Waals surface area contributed by atoms with Gasteiger partial charge in [0.05, 0.1) is 5.69 Å². The average molecular weight is 326 g/mol. The van der Waals surface area contributed by atoms with Gasteiger partial charge in [0.15, 0.2) is 11.4 Å². The summed E-state index contributed by atoms with van der Waals surface area (Å²) in [4.78, 5) is 12.4. The summed E-state index contributed by atoms with van der Waals surface area (Å²) in [5.74, 6) is 0.396. The Balaban J connectivity index is 1.77. The van der Waals surface area contributed by atoms with Gasteiger partial charge in [0.1, 0.15) is 6.26 Å². The fourth-order valence-electron chi connectivity index (χ4n) is 2.09. The lowest BCUT2D eigenvalue weighted by atomic mass is 10.1. The Morgan fingerprint density at radius 3 is 2.67 bits per heavy atom. The highest BCUT2D eigenvalue weighted by atomic mass is 16.5. The molecule has 1 aromatic carbocycles. The number of aryl methyl sites for hydroxylation is 1. The fourth-order valence-corrected chi connectivity index (χ4v) is 2.09. The van der Waals surface area contributed by atoms with Crippen LogP contribution in [0.15, 0.2) is 53.4 Å². The molecule has 124 valence electrons. The SMILES string of the molecule is Cc1cn(-c2ccccc2)nc1OC(C)(C)C(=O)Nc1ccon1. The molecule has 24 heavy (non-hydrogen) atoms. The van der Waals surface area contributed by atoms with Gasteiger partial charge >= 0.3 is 0 Å². The second-order valence-electron chi connectivity index (χ2n) is 5.85. The molecule has 0 fully saturated rings. The Morgan fingerprint density at radius 1 is 1.25 bits per heavy atom. The number of rotatable bonds is 5. The van der Waals surface area contributed by atoms with Crippen LogP contribution in [-0.2, 0) is 4.79 Å². The van der Waals surface area contributed by atoms with Crippen molar-refractivity contribution in [2.75, 3.05) is 5.32 Å². The van der Waals surface area contributed by atoms with E-state index in [0.717, 1.165) is 11.3 Å². The minimum absolute atomic E-state index is 0.336. The van der Waals surface area contributed by atoms with Crippen LogP contribution in [0.25, 0.3) is 5.69 Å². The third kappa shape index (κ3) is 3.29. The zero-order valence-corrected chi connectivity index (χ0v) is 13.7. The van der Waals surface area contributed by atoms with E-state index in [1.165, 1.54) is 6.26 Å². The summed E-state index contributed by atoms with van der Waals surface area (Å²) in [6, 6.07) is 11.2. The molecule has 7 heteroatoms. The summed E-state index contributed by atoms with van der Waals surface area (Å²) in [6.45, 7) is 5.22. The van der Waals surface area contributed by atoms with E-state index >= 15 is 0 Å². The molecule has 2 heterocycles. The van der Waals surface area contributed by atoms with E-state index in [-0.39, 0.29) is 5.91 Å². The van der Waals surface area contributed by atoms with Crippen LogP contribution in [0.3, 0.4) is 0 Å². The van der Waals surface area contributed by atoms with E-state index < -0.39 is 5.60 Å². The predicted octanol–water partition coefficient (Wildman–Crippen LogP) is 2.96. The van der Waals surface area contributed by atoms with Crippen molar-refractivity contribution >= 4 is 11.7 Å². The molecule has 1 N–H and O–H groups in total. The maximum atomic E-state index is 12.4. The van der Waals surface area contributed by atoms with Crippen LogP contribution in [0.4, 0.5) is 5.82 Å². The van der Waals surface area contributed by atoms with Crippen molar-refractivity contribution in [2.24, 2.45) is 0 Å². The number of ether oxygens (including phenoxy) is 1. The molecule has 0 bridgehead atoms. The third-order valence-electron chi connectivity index (χ3n) is 3.45. The number of anilines is 1.